The van der Waals surface area contributed by atoms with Crippen LogP contribution in [-0.4, -0.2) is 21.8 Å². The number of ketones is 1. The van der Waals surface area contributed by atoms with Gasteiger partial charge in [0.15, 0.2) is 5.79 Å². The van der Waals surface area contributed by atoms with Crippen LogP contribution in [-0.2, 0) is 4.79 Å². The van der Waals surface area contributed by atoms with E-state index < -0.39 is 5.79 Å². The monoisotopic (exact) mass is 418 g/mol. The Morgan fingerprint density at radius 3 is 2.30 bits per heavy atom. The van der Waals surface area contributed by atoms with Gasteiger partial charge >= 0.3 is 0 Å². The molecular formula is C27H46O3. The van der Waals surface area contributed by atoms with Crippen molar-refractivity contribution in [2.45, 2.75) is 111 Å². The largest absolute Gasteiger partial charge is 0.366 e. The first-order valence-electron chi connectivity index (χ1n) is 13.0. The number of fused-ring (bicyclic) bond motifs is 5. The van der Waals surface area contributed by atoms with E-state index >= 15 is 0 Å². The first kappa shape index (κ1) is 22.8. The lowest BCUT2D eigenvalue weighted by Gasteiger charge is -2.61. The standard InChI is InChI=1S/C27H46O3/c1-17(2)24(28)11-6-18(3)21-9-10-22-20-8-7-19-16-27(29,30)15-14-25(19,4)23(20)12-13-26(21,22)5/h17-23,29-30H,6-16H2,1-5H3/t18-,19-,20+,21-,22+,23+,25+,26-/m1/s1. The average molecular weight is 419 g/mol. The zero-order valence-electron chi connectivity index (χ0n) is 20.1. The van der Waals surface area contributed by atoms with Gasteiger partial charge in [-0.25, -0.2) is 0 Å². The number of carbonyl (C=O) groups excluding carboxylic acids is 1. The molecule has 0 aromatic carbocycles. The summed E-state index contributed by atoms with van der Waals surface area (Å²) in [5.74, 6) is 3.48. The highest BCUT2D eigenvalue weighted by molar-refractivity contribution is 5.80. The predicted octanol–water partition coefficient (Wildman–Crippen LogP) is 5.97. The second-order valence-electron chi connectivity index (χ2n) is 12.7. The Balaban J connectivity index is 1.47. The fourth-order valence-electron chi connectivity index (χ4n) is 9.06. The van der Waals surface area contributed by atoms with E-state index in [9.17, 15) is 15.0 Å². The van der Waals surface area contributed by atoms with Crippen LogP contribution in [0.5, 0.6) is 0 Å². The second kappa shape index (κ2) is 7.87. The molecule has 0 amide bonds. The van der Waals surface area contributed by atoms with E-state index in [1.807, 2.05) is 13.8 Å². The molecule has 172 valence electrons. The van der Waals surface area contributed by atoms with Crippen molar-refractivity contribution < 1.29 is 15.0 Å². The van der Waals surface area contributed by atoms with Crippen LogP contribution >= 0.6 is 0 Å². The summed E-state index contributed by atoms with van der Waals surface area (Å²) in [6.07, 6.45) is 11.8. The topological polar surface area (TPSA) is 57.5 Å². The van der Waals surface area contributed by atoms with Gasteiger partial charge in [0.05, 0.1) is 0 Å². The molecule has 30 heavy (non-hydrogen) atoms. The van der Waals surface area contributed by atoms with Gasteiger partial charge in [-0.15, -0.1) is 0 Å². The molecule has 4 aliphatic rings. The lowest BCUT2D eigenvalue weighted by Crippen LogP contribution is -2.56. The maximum absolute atomic E-state index is 12.2. The molecule has 3 heteroatoms. The number of rotatable bonds is 5. The van der Waals surface area contributed by atoms with Gasteiger partial charge in [-0.3, -0.25) is 4.79 Å². The summed E-state index contributed by atoms with van der Waals surface area (Å²) in [6.45, 7) is 11.6. The Bertz CT molecular complexity index is 654. The van der Waals surface area contributed by atoms with Crippen molar-refractivity contribution in [1.29, 1.82) is 0 Å². The fraction of sp³-hybridized carbons (Fsp3) is 0.963. The van der Waals surface area contributed by atoms with E-state index in [0.29, 0.717) is 41.3 Å². The Morgan fingerprint density at radius 1 is 0.900 bits per heavy atom. The van der Waals surface area contributed by atoms with Gasteiger partial charge in [0.2, 0.25) is 0 Å². The first-order chi connectivity index (χ1) is 14.0. The number of carbonyl (C=O) groups is 1. The number of aliphatic hydroxyl groups is 2. The minimum absolute atomic E-state index is 0.169. The summed E-state index contributed by atoms with van der Waals surface area (Å²) in [6, 6.07) is 0. The minimum Gasteiger partial charge on any atom is -0.366 e. The lowest BCUT2D eigenvalue weighted by atomic mass is 9.44. The van der Waals surface area contributed by atoms with Crippen LogP contribution in [0.25, 0.3) is 0 Å². The molecule has 8 atom stereocenters. The van der Waals surface area contributed by atoms with Gasteiger partial charge in [0.25, 0.3) is 0 Å². The molecule has 3 nitrogen and oxygen atoms in total. The average Bonchev–Trinajstić information content (AvgIpc) is 3.03. The molecule has 4 rings (SSSR count). The van der Waals surface area contributed by atoms with E-state index in [1.54, 1.807) is 0 Å². The van der Waals surface area contributed by atoms with E-state index in [0.717, 1.165) is 42.9 Å². The zero-order valence-corrected chi connectivity index (χ0v) is 20.1. The van der Waals surface area contributed by atoms with Crippen LogP contribution in [0.4, 0.5) is 0 Å². The molecule has 4 saturated carbocycles. The SMILES string of the molecule is CC(C)C(=O)CC[C@@H](C)[C@H]1CC[C@H]2[C@@H]3CC[C@@H]4CC(O)(O)CC[C@]4(C)[C@H]3CC[C@]12C. The molecule has 0 spiro atoms. The maximum atomic E-state index is 12.2. The Morgan fingerprint density at radius 2 is 1.60 bits per heavy atom. The molecule has 0 heterocycles. The Hall–Kier alpha value is -0.410. The summed E-state index contributed by atoms with van der Waals surface area (Å²) < 4.78 is 0. The lowest BCUT2D eigenvalue weighted by molar-refractivity contribution is -0.233. The highest BCUT2D eigenvalue weighted by atomic mass is 16.5. The molecule has 4 fully saturated rings. The van der Waals surface area contributed by atoms with Gasteiger partial charge in [-0.2, -0.15) is 0 Å². The number of hydrogen-bond acceptors (Lipinski definition) is 3. The molecule has 0 saturated heterocycles. The van der Waals surface area contributed by atoms with Gasteiger partial charge in [-0.05, 0) is 97.7 Å². The van der Waals surface area contributed by atoms with Crippen molar-refractivity contribution in [3.8, 4) is 0 Å². The predicted molar refractivity (Wildman–Crippen MR) is 121 cm³/mol. The Labute approximate surface area is 184 Å². The van der Waals surface area contributed by atoms with Crippen molar-refractivity contribution in [2.75, 3.05) is 0 Å². The molecular weight excluding hydrogens is 372 g/mol. The van der Waals surface area contributed by atoms with Crippen LogP contribution in [0.1, 0.15) is 105 Å². The van der Waals surface area contributed by atoms with Gasteiger partial charge < -0.3 is 10.2 Å². The van der Waals surface area contributed by atoms with Crippen molar-refractivity contribution in [3.05, 3.63) is 0 Å². The molecule has 0 aliphatic heterocycles. The molecule has 0 unspecified atom stereocenters. The first-order valence-corrected chi connectivity index (χ1v) is 13.0. The summed E-state index contributed by atoms with van der Waals surface area (Å²) in [4.78, 5) is 12.2. The van der Waals surface area contributed by atoms with Gasteiger partial charge in [-0.1, -0.05) is 34.6 Å². The minimum atomic E-state index is -1.43. The fourth-order valence-corrected chi connectivity index (χ4v) is 9.06. The normalized spacial score (nSPS) is 46.1. The maximum Gasteiger partial charge on any atom is 0.162 e. The molecule has 2 N–H and O–H groups in total. The van der Waals surface area contributed by atoms with Crippen molar-refractivity contribution in [1.82, 2.24) is 0 Å². The third kappa shape index (κ3) is 3.70. The third-order valence-corrected chi connectivity index (χ3v) is 11.0. The summed E-state index contributed by atoms with van der Waals surface area (Å²) >= 11 is 0. The molecule has 0 bridgehead atoms. The second-order valence-corrected chi connectivity index (χ2v) is 12.7. The van der Waals surface area contributed by atoms with Crippen LogP contribution in [0.15, 0.2) is 0 Å². The van der Waals surface area contributed by atoms with Gasteiger partial charge in [0.1, 0.15) is 5.78 Å². The summed E-state index contributed by atoms with van der Waals surface area (Å²) in [5.41, 5.74) is 0.740. The van der Waals surface area contributed by atoms with Crippen LogP contribution < -0.4 is 0 Å². The summed E-state index contributed by atoms with van der Waals surface area (Å²) in [7, 11) is 0. The highest BCUT2D eigenvalue weighted by Crippen LogP contribution is 2.68. The van der Waals surface area contributed by atoms with Crippen molar-refractivity contribution in [2.24, 2.45) is 52.3 Å². The Kier molecular flexibility index (Phi) is 5.97. The number of hydrogen-bond donors (Lipinski definition) is 2. The molecule has 0 radical (unpaired) electrons. The van der Waals surface area contributed by atoms with Crippen LogP contribution in [0.2, 0.25) is 0 Å². The molecule has 0 aromatic heterocycles. The molecule has 4 aliphatic carbocycles. The van der Waals surface area contributed by atoms with E-state index in [2.05, 4.69) is 20.8 Å². The van der Waals surface area contributed by atoms with Crippen molar-refractivity contribution in [3.63, 3.8) is 0 Å². The van der Waals surface area contributed by atoms with E-state index in [4.69, 9.17) is 0 Å². The van der Waals surface area contributed by atoms with E-state index in [-0.39, 0.29) is 5.92 Å². The third-order valence-electron chi connectivity index (χ3n) is 11.0. The van der Waals surface area contributed by atoms with E-state index in [1.165, 1.54) is 38.5 Å². The van der Waals surface area contributed by atoms with Crippen molar-refractivity contribution >= 4 is 5.78 Å². The zero-order chi connectivity index (χ0) is 21.9. The summed E-state index contributed by atoms with van der Waals surface area (Å²) in [5, 5.41) is 20.5. The van der Waals surface area contributed by atoms with Gasteiger partial charge in [0, 0.05) is 25.2 Å². The smallest absolute Gasteiger partial charge is 0.162 e. The quantitative estimate of drug-likeness (QED) is 0.541. The number of Topliss-reactive ketones (excluding diaryl/α,β-unsaturated/α-hetero) is 1. The highest BCUT2D eigenvalue weighted by Gasteiger charge is 2.61. The van der Waals surface area contributed by atoms with Crippen LogP contribution in [0, 0.1) is 52.3 Å². The molecule has 0 aromatic rings. The van der Waals surface area contributed by atoms with Crippen LogP contribution in [0.3, 0.4) is 0 Å².